The van der Waals surface area contributed by atoms with Crippen molar-refractivity contribution in [2.24, 2.45) is 0 Å². The van der Waals surface area contributed by atoms with E-state index in [4.69, 9.17) is 9.26 Å². The Balaban J connectivity index is 1.84. The van der Waals surface area contributed by atoms with Crippen LogP contribution in [0.3, 0.4) is 0 Å². The summed E-state index contributed by atoms with van der Waals surface area (Å²) in [5.41, 5.74) is 1.68. The van der Waals surface area contributed by atoms with Crippen LogP contribution >= 0.6 is 0 Å². The minimum absolute atomic E-state index is 0.0498. The number of aromatic nitrogens is 1. The second kappa shape index (κ2) is 6.10. The number of rotatable bonds is 5. The molecular formula is C15H18N2O4S. The number of aryl methyl sites for hydroxylation is 1. The molecular weight excluding hydrogens is 304 g/mol. The highest BCUT2D eigenvalue weighted by Crippen LogP contribution is 2.31. The van der Waals surface area contributed by atoms with Crippen LogP contribution in [-0.4, -0.2) is 32.0 Å². The molecule has 1 aromatic carbocycles. The third-order valence-corrected chi connectivity index (χ3v) is 4.91. The maximum atomic E-state index is 12.3. The van der Waals surface area contributed by atoms with E-state index < -0.39 is 10.0 Å². The quantitative estimate of drug-likeness (QED) is 0.915. The lowest BCUT2D eigenvalue weighted by molar-refractivity contribution is 0.127. The van der Waals surface area contributed by atoms with Crippen LogP contribution in [0.4, 0.5) is 5.69 Å². The average Bonchev–Trinajstić information content (AvgIpc) is 3.10. The third kappa shape index (κ3) is 3.31. The second-order valence-electron chi connectivity index (χ2n) is 5.36. The van der Waals surface area contributed by atoms with Crippen LogP contribution in [0.2, 0.25) is 0 Å². The Morgan fingerprint density at radius 3 is 2.77 bits per heavy atom. The van der Waals surface area contributed by atoms with Gasteiger partial charge in [-0.1, -0.05) is 35.5 Å². The zero-order chi connectivity index (χ0) is 15.6. The maximum Gasteiger partial charge on any atom is 0.235 e. The van der Waals surface area contributed by atoms with E-state index in [0.29, 0.717) is 23.7 Å². The van der Waals surface area contributed by atoms with Crippen LogP contribution in [-0.2, 0) is 14.8 Å². The molecule has 0 saturated carbocycles. The second-order valence-corrected chi connectivity index (χ2v) is 7.12. The van der Waals surface area contributed by atoms with Crippen molar-refractivity contribution in [1.29, 1.82) is 0 Å². The summed E-state index contributed by atoms with van der Waals surface area (Å²) in [4.78, 5) is 0. The van der Waals surface area contributed by atoms with Crippen LogP contribution in [0.5, 0.6) is 0 Å². The summed E-state index contributed by atoms with van der Waals surface area (Å²) >= 11 is 0. The van der Waals surface area contributed by atoms with Crippen molar-refractivity contribution >= 4 is 15.7 Å². The summed E-state index contributed by atoms with van der Waals surface area (Å²) in [6.07, 6.45) is 1.44. The molecule has 0 spiro atoms. The van der Waals surface area contributed by atoms with Crippen molar-refractivity contribution in [1.82, 2.24) is 5.16 Å². The molecule has 118 valence electrons. The standard InChI is InChI=1S/C15H18N2O4S/c1-11-14(15(21-16-11)12-6-3-2-4-7-12)17-22(18,19)10-13-8-5-9-20-13/h2-4,6-7,13,17H,5,8-10H2,1H3. The highest BCUT2D eigenvalue weighted by atomic mass is 32.2. The van der Waals surface area contributed by atoms with E-state index in [9.17, 15) is 8.42 Å². The van der Waals surface area contributed by atoms with E-state index >= 15 is 0 Å². The van der Waals surface area contributed by atoms with Crippen LogP contribution in [0.15, 0.2) is 34.9 Å². The first kappa shape index (κ1) is 15.1. The number of ether oxygens (including phenoxy) is 1. The predicted molar refractivity (Wildman–Crippen MR) is 83.1 cm³/mol. The summed E-state index contributed by atoms with van der Waals surface area (Å²) in [6, 6.07) is 9.29. The van der Waals surface area contributed by atoms with Crippen molar-refractivity contribution in [3.05, 3.63) is 36.0 Å². The fourth-order valence-electron chi connectivity index (χ4n) is 2.49. The molecule has 2 aromatic rings. The molecule has 0 bridgehead atoms. The van der Waals surface area contributed by atoms with Crippen molar-refractivity contribution in [3.8, 4) is 11.3 Å². The molecule has 22 heavy (non-hydrogen) atoms. The Morgan fingerprint density at radius 2 is 2.09 bits per heavy atom. The van der Waals surface area contributed by atoms with Crippen LogP contribution in [0, 0.1) is 6.92 Å². The lowest BCUT2D eigenvalue weighted by atomic mass is 10.1. The molecule has 6 nitrogen and oxygen atoms in total. The van der Waals surface area contributed by atoms with E-state index in [1.807, 2.05) is 30.3 Å². The van der Waals surface area contributed by atoms with Gasteiger partial charge in [0.1, 0.15) is 11.4 Å². The normalized spacial score (nSPS) is 18.5. The van der Waals surface area contributed by atoms with E-state index in [-0.39, 0.29) is 11.9 Å². The first-order valence-corrected chi connectivity index (χ1v) is 8.84. The van der Waals surface area contributed by atoms with Crippen molar-refractivity contribution in [2.45, 2.75) is 25.9 Å². The van der Waals surface area contributed by atoms with Gasteiger partial charge in [0.05, 0.1) is 11.9 Å². The average molecular weight is 322 g/mol. The van der Waals surface area contributed by atoms with Gasteiger partial charge < -0.3 is 9.26 Å². The topological polar surface area (TPSA) is 81.4 Å². The molecule has 3 rings (SSSR count). The van der Waals surface area contributed by atoms with Crippen LogP contribution in [0.25, 0.3) is 11.3 Å². The Morgan fingerprint density at radius 1 is 1.32 bits per heavy atom. The van der Waals surface area contributed by atoms with Gasteiger partial charge in [-0.3, -0.25) is 4.72 Å². The molecule has 0 aliphatic carbocycles. The zero-order valence-corrected chi connectivity index (χ0v) is 13.1. The molecule has 1 N–H and O–H groups in total. The van der Waals surface area contributed by atoms with Gasteiger partial charge in [-0.05, 0) is 19.8 Å². The van der Waals surface area contributed by atoms with Crippen molar-refractivity contribution in [2.75, 3.05) is 17.1 Å². The van der Waals surface area contributed by atoms with E-state index in [2.05, 4.69) is 9.88 Å². The van der Waals surface area contributed by atoms with E-state index in [1.165, 1.54) is 0 Å². The minimum Gasteiger partial charge on any atom is -0.377 e. The largest absolute Gasteiger partial charge is 0.377 e. The number of benzene rings is 1. The number of hydrogen-bond donors (Lipinski definition) is 1. The molecule has 2 heterocycles. The molecule has 1 aromatic heterocycles. The fourth-order valence-corrected chi connectivity index (χ4v) is 3.88. The summed E-state index contributed by atoms with van der Waals surface area (Å²) in [7, 11) is -3.52. The van der Waals surface area contributed by atoms with Crippen molar-refractivity contribution in [3.63, 3.8) is 0 Å². The summed E-state index contributed by atoms with van der Waals surface area (Å²) in [5.74, 6) is 0.375. The Labute approximate surface area is 129 Å². The molecule has 1 atom stereocenters. The maximum absolute atomic E-state index is 12.3. The number of sulfonamides is 1. The van der Waals surface area contributed by atoms with E-state index in [1.54, 1.807) is 6.92 Å². The zero-order valence-electron chi connectivity index (χ0n) is 12.3. The van der Waals surface area contributed by atoms with Gasteiger partial charge in [0.15, 0.2) is 5.76 Å². The van der Waals surface area contributed by atoms with Crippen LogP contribution in [0.1, 0.15) is 18.5 Å². The predicted octanol–water partition coefficient (Wildman–Crippen LogP) is 2.57. The molecule has 0 amide bonds. The monoisotopic (exact) mass is 322 g/mol. The number of anilines is 1. The molecule has 1 saturated heterocycles. The lowest BCUT2D eigenvalue weighted by Crippen LogP contribution is -2.26. The number of nitrogens with one attached hydrogen (secondary N) is 1. The smallest absolute Gasteiger partial charge is 0.235 e. The highest BCUT2D eigenvalue weighted by Gasteiger charge is 2.26. The molecule has 7 heteroatoms. The molecule has 1 unspecified atom stereocenters. The third-order valence-electron chi connectivity index (χ3n) is 3.59. The molecule has 1 aliphatic rings. The van der Waals surface area contributed by atoms with Gasteiger partial charge in [0.25, 0.3) is 0 Å². The Bertz CT molecular complexity index is 734. The number of nitrogens with zero attached hydrogens (tertiary/aromatic N) is 1. The van der Waals surface area contributed by atoms with Gasteiger partial charge in [0.2, 0.25) is 10.0 Å². The Kier molecular flexibility index (Phi) is 4.17. The van der Waals surface area contributed by atoms with Gasteiger partial charge in [0, 0.05) is 12.2 Å². The SMILES string of the molecule is Cc1noc(-c2ccccc2)c1NS(=O)(=O)CC1CCCO1. The minimum atomic E-state index is -3.52. The van der Waals surface area contributed by atoms with Gasteiger partial charge in [-0.15, -0.1) is 0 Å². The number of hydrogen-bond acceptors (Lipinski definition) is 5. The Hall–Kier alpha value is -1.86. The van der Waals surface area contributed by atoms with Crippen molar-refractivity contribution < 1.29 is 17.7 Å². The highest BCUT2D eigenvalue weighted by molar-refractivity contribution is 7.92. The first-order chi connectivity index (χ1) is 10.6. The summed E-state index contributed by atoms with van der Waals surface area (Å²) < 4.78 is 37.9. The summed E-state index contributed by atoms with van der Waals surface area (Å²) in [5, 5.41) is 3.88. The lowest BCUT2D eigenvalue weighted by Gasteiger charge is -2.12. The van der Waals surface area contributed by atoms with Gasteiger partial charge in [-0.2, -0.15) is 0 Å². The molecule has 1 fully saturated rings. The van der Waals surface area contributed by atoms with Gasteiger partial charge in [-0.25, -0.2) is 8.42 Å². The summed E-state index contributed by atoms with van der Waals surface area (Å²) in [6.45, 7) is 2.33. The van der Waals surface area contributed by atoms with Crippen LogP contribution < -0.4 is 4.72 Å². The van der Waals surface area contributed by atoms with Gasteiger partial charge >= 0.3 is 0 Å². The van der Waals surface area contributed by atoms with E-state index in [0.717, 1.165) is 18.4 Å². The fraction of sp³-hybridized carbons (Fsp3) is 0.400. The first-order valence-electron chi connectivity index (χ1n) is 7.19. The molecule has 0 radical (unpaired) electrons. The molecule has 1 aliphatic heterocycles.